The quantitative estimate of drug-likeness (QED) is 0.608. The summed E-state index contributed by atoms with van der Waals surface area (Å²) in [5.74, 6) is 0. The van der Waals surface area contributed by atoms with Crippen LogP contribution in [0.4, 0.5) is 0 Å². The fourth-order valence-corrected chi connectivity index (χ4v) is 2.66. The van der Waals surface area contributed by atoms with Crippen molar-refractivity contribution in [1.82, 2.24) is 5.32 Å². The van der Waals surface area contributed by atoms with Crippen molar-refractivity contribution in [2.45, 2.75) is 43.4 Å². The van der Waals surface area contributed by atoms with E-state index >= 15 is 0 Å². The Labute approximate surface area is 78.8 Å². The summed E-state index contributed by atoms with van der Waals surface area (Å²) in [6, 6.07) is 0. The van der Waals surface area contributed by atoms with Crippen LogP contribution in [0.15, 0.2) is 0 Å². The van der Waals surface area contributed by atoms with Crippen LogP contribution in [-0.2, 0) is 9.47 Å². The molecule has 0 amide bonds. The summed E-state index contributed by atoms with van der Waals surface area (Å²) >= 11 is 0. The zero-order valence-corrected chi connectivity index (χ0v) is 7.97. The Balaban J connectivity index is 1.76. The fourth-order valence-electron chi connectivity index (χ4n) is 2.66. The van der Waals surface area contributed by atoms with Crippen LogP contribution in [0.3, 0.4) is 0 Å². The Bertz CT molecular complexity index is 207. The topological polar surface area (TPSA) is 30.5 Å². The fraction of sp³-hybridized carbons (Fsp3) is 1.00. The molecular weight excluding hydrogens is 166 g/mol. The lowest BCUT2D eigenvalue weighted by atomic mass is 9.83. The molecule has 3 fully saturated rings. The van der Waals surface area contributed by atoms with Gasteiger partial charge in [0.15, 0.2) is 0 Å². The van der Waals surface area contributed by atoms with E-state index in [1.807, 2.05) is 0 Å². The first kappa shape index (κ1) is 8.21. The predicted octanol–water partition coefficient (Wildman–Crippen LogP) is 1.04. The number of hydrogen-bond acceptors (Lipinski definition) is 3. The van der Waals surface area contributed by atoms with Gasteiger partial charge in [0.25, 0.3) is 0 Å². The molecule has 3 heteroatoms. The second-order valence-electron chi connectivity index (χ2n) is 4.61. The summed E-state index contributed by atoms with van der Waals surface area (Å²) in [6.07, 6.45) is 5.90. The van der Waals surface area contributed by atoms with E-state index in [2.05, 4.69) is 5.32 Å². The third-order valence-electron chi connectivity index (χ3n) is 3.67. The van der Waals surface area contributed by atoms with Gasteiger partial charge in [0.2, 0.25) is 0 Å². The Morgan fingerprint density at radius 3 is 2.62 bits per heavy atom. The molecule has 1 saturated carbocycles. The van der Waals surface area contributed by atoms with Gasteiger partial charge in [-0.3, -0.25) is 5.32 Å². The molecule has 2 heterocycles. The predicted molar refractivity (Wildman–Crippen MR) is 48.5 cm³/mol. The molecule has 0 aromatic rings. The highest BCUT2D eigenvalue weighted by Gasteiger charge is 2.50. The summed E-state index contributed by atoms with van der Waals surface area (Å²) in [7, 11) is 0. The Kier molecular flexibility index (Phi) is 1.70. The Hall–Kier alpha value is -0.120. The Morgan fingerprint density at radius 1 is 1.08 bits per heavy atom. The zero-order valence-electron chi connectivity index (χ0n) is 7.97. The maximum atomic E-state index is 6.22. The van der Waals surface area contributed by atoms with Crippen LogP contribution < -0.4 is 5.32 Å². The number of ether oxygens (including phenoxy) is 2. The minimum absolute atomic E-state index is 0.0476. The van der Waals surface area contributed by atoms with Crippen molar-refractivity contribution in [3.05, 3.63) is 0 Å². The third kappa shape index (κ3) is 1.22. The van der Waals surface area contributed by atoms with Gasteiger partial charge in [0.05, 0.1) is 12.2 Å². The average Bonchev–Trinajstić information content (AvgIpc) is 2.51. The molecule has 3 aliphatic rings. The van der Waals surface area contributed by atoms with Gasteiger partial charge in [0.1, 0.15) is 5.72 Å². The molecule has 74 valence electrons. The second-order valence-corrected chi connectivity index (χ2v) is 4.61. The van der Waals surface area contributed by atoms with Crippen LogP contribution in [-0.4, -0.2) is 31.1 Å². The molecule has 2 aliphatic heterocycles. The van der Waals surface area contributed by atoms with Gasteiger partial charge in [-0.05, 0) is 25.7 Å². The molecule has 2 saturated heterocycles. The van der Waals surface area contributed by atoms with Crippen molar-refractivity contribution in [3.8, 4) is 0 Å². The lowest BCUT2D eigenvalue weighted by molar-refractivity contribution is -0.231. The molecule has 3 rings (SSSR count). The lowest BCUT2D eigenvalue weighted by Gasteiger charge is -2.51. The molecule has 0 aromatic carbocycles. The maximum Gasteiger partial charge on any atom is 0.120 e. The van der Waals surface area contributed by atoms with E-state index in [0.29, 0.717) is 0 Å². The molecule has 1 unspecified atom stereocenters. The largest absolute Gasteiger partial charge is 0.378 e. The summed E-state index contributed by atoms with van der Waals surface area (Å²) in [5.41, 5.74) is 0.123. The van der Waals surface area contributed by atoms with Crippen molar-refractivity contribution in [2.75, 3.05) is 19.8 Å². The molecular formula is C10H17NO2. The first-order valence-corrected chi connectivity index (χ1v) is 5.36. The van der Waals surface area contributed by atoms with Crippen LogP contribution in [0.25, 0.3) is 0 Å². The van der Waals surface area contributed by atoms with Gasteiger partial charge in [-0.2, -0.15) is 0 Å². The highest BCUT2D eigenvalue weighted by atomic mass is 16.6. The number of hydrogen-bond donors (Lipinski definition) is 1. The highest BCUT2D eigenvalue weighted by molar-refractivity contribution is 4.98. The van der Waals surface area contributed by atoms with Gasteiger partial charge in [-0.15, -0.1) is 0 Å². The van der Waals surface area contributed by atoms with Gasteiger partial charge in [-0.25, -0.2) is 0 Å². The number of nitrogens with one attached hydrogen (secondary N) is 1. The highest BCUT2D eigenvalue weighted by Crippen LogP contribution is 2.43. The lowest BCUT2D eigenvalue weighted by Crippen LogP contribution is -2.63. The number of rotatable bonds is 0. The Morgan fingerprint density at radius 2 is 2.00 bits per heavy atom. The maximum absolute atomic E-state index is 6.22. The van der Waals surface area contributed by atoms with Crippen LogP contribution >= 0.6 is 0 Å². The summed E-state index contributed by atoms with van der Waals surface area (Å²) < 4.78 is 11.7. The summed E-state index contributed by atoms with van der Waals surface area (Å²) in [5, 5.41) is 3.51. The van der Waals surface area contributed by atoms with Gasteiger partial charge in [-0.1, -0.05) is 0 Å². The van der Waals surface area contributed by atoms with Crippen molar-refractivity contribution in [2.24, 2.45) is 0 Å². The summed E-state index contributed by atoms with van der Waals surface area (Å²) in [4.78, 5) is 0. The molecule has 1 atom stereocenters. The van der Waals surface area contributed by atoms with E-state index in [-0.39, 0.29) is 11.3 Å². The average molecular weight is 183 g/mol. The van der Waals surface area contributed by atoms with E-state index in [1.54, 1.807) is 0 Å². The van der Waals surface area contributed by atoms with Crippen molar-refractivity contribution < 1.29 is 9.47 Å². The van der Waals surface area contributed by atoms with Gasteiger partial charge in [0, 0.05) is 19.6 Å². The molecule has 0 aromatic heterocycles. The van der Waals surface area contributed by atoms with E-state index in [9.17, 15) is 0 Å². The molecule has 13 heavy (non-hydrogen) atoms. The minimum atomic E-state index is 0.0476. The molecule has 3 nitrogen and oxygen atoms in total. The zero-order chi connectivity index (χ0) is 8.78. The van der Waals surface area contributed by atoms with E-state index in [4.69, 9.17) is 9.47 Å². The monoisotopic (exact) mass is 183 g/mol. The SMILES string of the molecule is C1CC2(C1)NCCC1(CCOC1)O2. The van der Waals surface area contributed by atoms with E-state index < -0.39 is 0 Å². The van der Waals surface area contributed by atoms with Crippen molar-refractivity contribution in [3.63, 3.8) is 0 Å². The third-order valence-corrected chi connectivity index (χ3v) is 3.67. The minimum Gasteiger partial charge on any atom is -0.378 e. The van der Waals surface area contributed by atoms with Crippen LogP contribution in [0.5, 0.6) is 0 Å². The molecule has 0 radical (unpaired) electrons. The first-order chi connectivity index (χ1) is 6.33. The summed E-state index contributed by atoms with van der Waals surface area (Å²) in [6.45, 7) is 2.80. The van der Waals surface area contributed by atoms with Crippen LogP contribution in [0.1, 0.15) is 32.1 Å². The van der Waals surface area contributed by atoms with Gasteiger partial charge >= 0.3 is 0 Å². The van der Waals surface area contributed by atoms with Crippen molar-refractivity contribution in [1.29, 1.82) is 0 Å². The molecule has 2 spiro atoms. The van der Waals surface area contributed by atoms with Crippen LogP contribution in [0, 0.1) is 0 Å². The second kappa shape index (κ2) is 2.69. The molecule has 0 bridgehead atoms. The molecule has 1 N–H and O–H groups in total. The normalized spacial score (nSPS) is 42.5. The van der Waals surface area contributed by atoms with E-state index in [0.717, 1.165) is 32.6 Å². The first-order valence-electron chi connectivity index (χ1n) is 5.36. The molecule has 1 aliphatic carbocycles. The smallest absolute Gasteiger partial charge is 0.120 e. The van der Waals surface area contributed by atoms with Crippen LogP contribution in [0.2, 0.25) is 0 Å². The van der Waals surface area contributed by atoms with Crippen molar-refractivity contribution >= 4 is 0 Å². The van der Waals surface area contributed by atoms with E-state index in [1.165, 1.54) is 19.3 Å². The standard InChI is InChI=1S/C10H17NO2/c1-2-10(3-1)11-6-4-9(13-10)5-7-12-8-9/h11H,1-8H2. The van der Waals surface area contributed by atoms with Gasteiger partial charge < -0.3 is 9.47 Å².